The molecule has 43 heavy (non-hydrogen) atoms. The molecule has 2 unspecified atom stereocenters. The van der Waals surface area contributed by atoms with Crippen LogP contribution in [0.25, 0.3) is 22.5 Å². The van der Waals surface area contributed by atoms with Gasteiger partial charge in [-0.2, -0.15) is 5.10 Å². The maximum atomic E-state index is 13.1. The number of para-hydroxylation sites is 1. The number of nitrogens with zero attached hydrogens (tertiary/aromatic N) is 3. The molecule has 3 fully saturated rings. The van der Waals surface area contributed by atoms with Crippen LogP contribution in [0.4, 0.5) is 18.9 Å². The number of fused-ring (bicyclic) bond motifs is 2. The van der Waals surface area contributed by atoms with Gasteiger partial charge in [-0.1, -0.05) is 29.4 Å². The molecule has 13 heteroatoms. The van der Waals surface area contributed by atoms with Gasteiger partial charge in [-0.15, -0.1) is 13.2 Å². The average Bonchev–Trinajstić information content (AvgIpc) is 3.67. The van der Waals surface area contributed by atoms with Crippen LogP contribution in [0.5, 0.6) is 5.75 Å². The zero-order chi connectivity index (χ0) is 29.7. The summed E-state index contributed by atoms with van der Waals surface area (Å²) in [6, 6.07) is 14.0. The topological polar surface area (TPSA) is 126 Å². The number of piperidine rings is 1. The van der Waals surface area contributed by atoms with E-state index in [1.165, 1.54) is 12.1 Å². The Labute approximate surface area is 242 Å². The minimum atomic E-state index is -4.83. The second kappa shape index (κ2) is 10.7. The van der Waals surface area contributed by atoms with Crippen molar-refractivity contribution in [3.05, 3.63) is 80.7 Å². The zero-order valence-electron chi connectivity index (χ0n) is 22.9. The molecule has 7 rings (SSSR count). The van der Waals surface area contributed by atoms with E-state index in [0.717, 1.165) is 44.2 Å². The first-order chi connectivity index (χ1) is 20.7. The number of hydrogen-bond donors (Lipinski definition) is 2. The van der Waals surface area contributed by atoms with E-state index in [2.05, 4.69) is 30.0 Å². The zero-order valence-corrected chi connectivity index (χ0v) is 22.9. The lowest BCUT2D eigenvalue weighted by molar-refractivity contribution is -0.274. The number of benzene rings is 2. The Kier molecular flexibility index (Phi) is 6.83. The molecule has 4 aromatic rings. The second-order valence-electron chi connectivity index (χ2n) is 11.3. The van der Waals surface area contributed by atoms with Crippen molar-refractivity contribution < 1.29 is 27.2 Å². The Morgan fingerprint density at radius 3 is 2.35 bits per heavy atom. The molecule has 0 spiro atoms. The monoisotopic (exact) mass is 595 g/mol. The molecule has 10 nitrogen and oxygen atoms in total. The fourth-order valence-electron chi connectivity index (χ4n) is 6.44. The van der Waals surface area contributed by atoms with Crippen molar-refractivity contribution >= 4 is 5.69 Å². The fraction of sp³-hybridized carbons (Fsp3) is 0.400. The number of anilines is 1. The van der Waals surface area contributed by atoms with Gasteiger partial charge in [0.25, 0.3) is 5.56 Å². The molecule has 3 aliphatic rings. The largest absolute Gasteiger partial charge is 0.573 e. The Morgan fingerprint density at radius 2 is 1.67 bits per heavy atom. The number of rotatable bonds is 8. The third-order valence-electron chi connectivity index (χ3n) is 8.44. The van der Waals surface area contributed by atoms with Crippen molar-refractivity contribution in [2.45, 2.75) is 75.6 Å². The van der Waals surface area contributed by atoms with Gasteiger partial charge in [0.15, 0.2) is 5.69 Å². The van der Waals surface area contributed by atoms with E-state index >= 15 is 0 Å². The molecule has 2 N–H and O–H groups in total. The smallest absolute Gasteiger partial charge is 0.405 e. The minimum absolute atomic E-state index is 0.0339. The van der Waals surface area contributed by atoms with Crippen LogP contribution < -0.4 is 20.9 Å². The van der Waals surface area contributed by atoms with Gasteiger partial charge in [0, 0.05) is 40.4 Å². The van der Waals surface area contributed by atoms with E-state index < -0.39 is 17.6 Å². The molecule has 4 heterocycles. The molecule has 1 saturated carbocycles. The van der Waals surface area contributed by atoms with Crippen molar-refractivity contribution in [1.29, 1.82) is 0 Å². The first-order valence-electron chi connectivity index (χ1n) is 14.3. The van der Waals surface area contributed by atoms with Crippen LogP contribution in [0.15, 0.2) is 62.6 Å². The summed E-state index contributed by atoms with van der Waals surface area (Å²) in [4.78, 5) is 28.0. The molecule has 2 aromatic heterocycles. The normalized spacial score (nSPS) is 21.7. The van der Waals surface area contributed by atoms with Gasteiger partial charge in [0.1, 0.15) is 17.2 Å². The van der Waals surface area contributed by atoms with Crippen molar-refractivity contribution in [1.82, 2.24) is 20.3 Å². The summed E-state index contributed by atoms with van der Waals surface area (Å²) in [5.74, 6) is 0.539. The average molecular weight is 596 g/mol. The summed E-state index contributed by atoms with van der Waals surface area (Å²) in [6.45, 7) is 0.185. The summed E-state index contributed by atoms with van der Waals surface area (Å²) < 4.78 is 55.7. The highest BCUT2D eigenvalue weighted by Gasteiger charge is 2.42. The lowest BCUT2D eigenvalue weighted by Crippen LogP contribution is -2.45. The molecule has 224 valence electrons. The molecule has 0 radical (unpaired) electrons. The van der Waals surface area contributed by atoms with Crippen molar-refractivity contribution in [2.24, 2.45) is 0 Å². The lowest BCUT2D eigenvalue weighted by atomic mass is 9.98. The first-order valence-corrected chi connectivity index (χ1v) is 14.3. The molecule has 2 atom stereocenters. The van der Waals surface area contributed by atoms with Crippen molar-refractivity contribution in [3.8, 4) is 28.3 Å². The van der Waals surface area contributed by atoms with E-state index in [1.807, 2.05) is 24.3 Å². The predicted octanol–water partition coefficient (Wildman–Crippen LogP) is 5.27. The van der Waals surface area contributed by atoms with Crippen LogP contribution in [-0.4, -0.2) is 44.9 Å². The summed E-state index contributed by atoms with van der Waals surface area (Å²) in [5, 5.41) is 10.3. The highest BCUT2D eigenvalue weighted by molar-refractivity contribution is 5.70. The van der Waals surface area contributed by atoms with E-state index in [1.54, 1.807) is 12.1 Å². The number of alkyl halides is 3. The quantitative estimate of drug-likeness (QED) is 0.282. The molecule has 2 saturated heterocycles. The van der Waals surface area contributed by atoms with E-state index in [0.29, 0.717) is 22.6 Å². The fourth-order valence-corrected chi connectivity index (χ4v) is 6.44. The van der Waals surface area contributed by atoms with Crippen LogP contribution in [0.2, 0.25) is 0 Å². The van der Waals surface area contributed by atoms with Crippen LogP contribution in [0.3, 0.4) is 0 Å². The number of H-pyrrole nitrogens is 2. The third kappa shape index (κ3) is 5.56. The number of halogens is 3. The van der Waals surface area contributed by atoms with Crippen LogP contribution in [-0.2, 0) is 11.3 Å². The Bertz CT molecular complexity index is 1730. The van der Waals surface area contributed by atoms with Gasteiger partial charge in [0.2, 0.25) is 0 Å². The number of hydrogen-bond acceptors (Lipinski definition) is 8. The summed E-state index contributed by atoms with van der Waals surface area (Å²) in [7, 11) is 0. The molecular weight excluding hydrogens is 567 g/mol. The maximum Gasteiger partial charge on any atom is 0.573 e. The molecule has 2 bridgehead atoms. The van der Waals surface area contributed by atoms with Gasteiger partial charge in [0.05, 0.1) is 12.7 Å². The molecule has 2 aliphatic heterocycles. The van der Waals surface area contributed by atoms with E-state index in [9.17, 15) is 22.8 Å². The Morgan fingerprint density at radius 1 is 0.953 bits per heavy atom. The number of aromatic amines is 2. The molecule has 0 amide bonds. The van der Waals surface area contributed by atoms with Gasteiger partial charge < -0.3 is 18.9 Å². The molecule has 1 aliphatic carbocycles. The Balaban J connectivity index is 1.07. The summed E-state index contributed by atoms with van der Waals surface area (Å²) in [5.41, 5.74) is 1.79. The number of aromatic nitrogens is 4. The summed E-state index contributed by atoms with van der Waals surface area (Å²) >= 11 is 0. The SMILES string of the molecule is O=c1[nH]nc(-c2ccc(N3C4CCC3CC(OCc3c(-c5ccccc5OC(F)(F)F)noc3C3CC3)C4)cc2)c(=O)[nH]1. The molecule has 2 aromatic carbocycles. The number of nitrogens with one attached hydrogen (secondary N) is 2. The van der Waals surface area contributed by atoms with Gasteiger partial charge >= 0.3 is 12.1 Å². The van der Waals surface area contributed by atoms with Gasteiger partial charge in [-0.3, -0.25) is 9.78 Å². The van der Waals surface area contributed by atoms with Crippen LogP contribution in [0, 0.1) is 0 Å². The van der Waals surface area contributed by atoms with E-state index in [-0.39, 0.29) is 47.7 Å². The summed E-state index contributed by atoms with van der Waals surface area (Å²) in [6.07, 6.45) is 0.641. The van der Waals surface area contributed by atoms with Gasteiger partial charge in [-0.25, -0.2) is 9.89 Å². The van der Waals surface area contributed by atoms with Gasteiger partial charge in [-0.05, 0) is 62.8 Å². The van der Waals surface area contributed by atoms with Crippen LogP contribution >= 0.6 is 0 Å². The standard InChI is InChI=1S/C30H28F3N5O5/c31-30(32,33)42-24-4-2-1-3-22(24)26-23(27(43-37-26)17-5-6-17)15-41-21-13-19-11-12-20(14-21)38(19)18-9-7-16(8-10-18)25-28(39)34-29(40)36-35-25/h1-4,7-10,17,19-21H,5-6,11-15H2,(H2,34,36,39,40). The molecular formula is C30H28F3N5O5. The third-order valence-corrected chi connectivity index (χ3v) is 8.44. The lowest BCUT2D eigenvalue weighted by Gasteiger charge is -2.40. The first kappa shape index (κ1) is 27.4. The van der Waals surface area contributed by atoms with Crippen molar-refractivity contribution in [3.63, 3.8) is 0 Å². The van der Waals surface area contributed by atoms with Crippen LogP contribution in [0.1, 0.15) is 55.8 Å². The van der Waals surface area contributed by atoms with Crippen molar-refractivity contribution in [2.75, 3.05) is 4.90 Å². The minimum Gasteiger partial charge on any atom is -0.405 e. The highest BCUT2D eigenvalue weighted by Crippen LogP contribution is 2.46. The predicted molar refractivity (Wildman–Crippen MR) is 149 cm³/mol. The maximum absolute atomic E-state index is 13.1. The second-order valence-corrected chi connectivity index (χ2v) is 11.3. The van der Waals surface area contributed by atoms with E-state index in [4.69, 9.17) is 9.26 Å². The highest BCUT2D eigenvalue weighted by atomic mass is 19.4. The number of ether oxygens (including phenoxy) is 2. The Hall–Kier alpha value is -4.39.